The molecule has 0 saturated heterocycles. The smallest absolute Gasteiger partial charge is 0.319 e. The third-order valence-electron chi connectivity index (χ3n) is 2.52. The van der Waals surface area contributed by atoms with E-state index in [9.17, 15) is 9.59 Å². The van der Waals surface area contributed by atoms with Gasteiger partial charge in [0, 0.05) is 12.1 Å². The molecule has 0 aromatic heterocycles. The largest absolute Gasteiger partial charge is 0.465 e. The van der Waals surface area contributed by atoms with Crippen LogP contribution in [0.2, 0.25) is 0 Å². The summed E-state index contributed by atoms with van der Waals surface area (Å²) in [5, 5.41) is 2.99. The molecule has 3 N–H and O–H groups in total. The predicted molar refractivity (Wildman–Crippen MR) is 68.0 cm³/mol. The number of esters is 1. The predicted octanol–water partition coefficient (Wildman–Crippen LogP) is 0.747. The Labute approximate surface area is 106 Å². The van der Waals surface area contributed by atoms with E-state index in [4.69, 9.17) is 10.5 Å². The summed E-state index contributed by atoms with van der Waals surface area (Å²) in [6, 6.07) is 5.24. The van der Waals surface area contributed by atoms with Gasteiger partial charge < -0.3 is 15.8 Å². The molecule has 0 fully saturated rings. The highest BCUT2D eigenvalue weighted by Gasteiger charge is 2.05. The van der Waals surface area contributed by atoms with Crippen molar-refractivity contribution < 1.29 is 14.3 Å². The summed E-state index contributed by atoms with van der Waals surface area (Å²) < 4.78 is 4.80. The number of benzene rings is 1. The summed E-state index contributed by atoms with van der Waals surface area (Å²) in [5.74, 6) is -0.715. The maximum atomic E-state index is 11.1. The van der Waals surface area contributed by atoms with Crippen molar-refractivity contribution >= 4 is 11.9 Å². The minimum atomic E-state index is -0.441. The first-order valence-corrected chi connectivity index (χ1v) is 5.80. The minimum Gasteiger partial charge on any atom is -0.465 e. The molecule has 1 aromatic carbocycles. The summed E-state index contributed by atoms with van der Waals surface area (Å²) in [5.41, 5.74) is 7.66. The molecule has 5 nitrogen and oxygen atoms in total. The third-order valence-corrected chi connectivity index (χ3v) is 2.52. The van der Waals surface area contributed by atoms with E-state index in [0.29, 0.717) is 18.7 Å². The van der Waals surface area contributed by atoms with Gasteiger partial charge in [-0.25, -0.2) is 0 Å². The number of hydrogen-bond donors (Lipinski definition) is 2. The Hall–Kier alpha value is -1.88. The van der Waals surface area contributed by atoms with Crippen LogP contribution in [-0.2, 0) is 16.1 Å². The SMILES string of the molecule is CCOC(=O)CNCc1ccc(C(N)=O)cc1C. The monoisotopic (exact) mass is 250 g/mol. The maximum absolute atomic E-state index is 11.1. The van der Waals surface area contributed by atoms with Crippen molar-refractivity contribution in [3.05, 3.63) is 34.9 Å². The first-order chi connectivity index (χ1) is 8.54. The second-order valence-corrected chi connectivity index (χ2v) is 3.91. The van der Waals surface area contributed by atoms with E-state index in [1.807, 2.05) is 13.0 Å². The number of nitrogens with two attached hydrogens (primary N) is 1. The fourth-order valence-corrected chi connectivity index (χ4v) is 1.56. The molecule has 0 aliphatic heterocycles. The van der Waals surface area contributed by atoms with E-state index in [1.54, 1.807) is 19.1 Å². The van der Waals surface area contributed by atoms with Crippen LogP contribution in [0.4, 0.5) is 0 Å². The first-order valence-electron chi connectivity index (χ1n) is 5.80. The molecule has 5 heteroatoms. The Morgan fingerprint density at radius 2 is 2.11 bits per heavy atom. The van der Waals surface area contributed by atoms with Gasteiger partial charge in [-0.2, -0.15) is 0 Å². The van der Waals surface area contributed by atoms with Crippen molar-refractivity contribution in [1.29, 1.82) is 0 Å². The molecule has 0 radical (unpaired) electrons. The van der Waals surface area contributed by atoms with Gasteiger partial charge in [-0.05, 0) is 37.1 Å². The second-order valence-electron chi connectivity index (χ2n) is 3.91. The van der Waals surface area contributed by atoms with Crippen molar-refractivity contribution in [1.82, 2.24) is 5.32 Å². The molecule has 0 saturated carbocycles. The van der Waals surface area contributed by atoms with E-state index in [0.717, 1.165) is 11.1 Å². The lowest BCUT2D eigenvalue weighted by atomic mass is 10.0. The molecule has 1 aromatic rings. The molecule has 0 atom stereocenters. The van der Waals surface area contributed by atoms with Gasteiger partial charge >= 0.3 is 5.97 Å². The van der Waals surface area contributed by atoms with Crippen molar-refractivity contribution in [3.8, 4) is 0 Å². The fraction of sp³-hybridized carbons (Fsp3) is 0.385. The highest BCUT2D eigenvalue weighted by atomic mass is 16.5. The van der Waals surface area contributed by atoms with Crippen LogP contribution in [0.1, 0.15) is 28.4 Å². The number of aryl methyl sites for hydroxylation is 1. The van der Waals surface area contributed by atoms with Crippen molar-refractivity contribution in [3.63, 3.8) is 0 Å². The van der Waals surface area contributed by atoms with Crippen LogP contribution in [0, 0.1) is 6.92 Å². The lowest BCUT2D eigenvalue weighted by Crippen LogP contribution is -2.24. The maximum Gasteiger partial charge on any atom is 0.319 e. The van der Waals surface area contributed by atoms with Gasteiger partial charge in [-0.3, -0.25) is 9.59 Å². The first kappa shape index (κ1) is 14.2. The molecule has 0 aliphatic rings. The normalized spacial score (nSPS) is 10.1. The van der Waals surface area contributed by atoms with Crippen LogP contribution in [0.25, 0.3) is 0 Å². The van der Waals surface area contributed by atoms with Crippen molar-refractivity contribution in [2.45, 2.75) is 20.4 Å². The van der Waals surface area contributed by atoms with Crippen LogP contribution in [0.15, 0.2) is 18.2 Å². The number of nitrogens with one attached hydrogen (secondary N) is 1. The van der Waals surface area contributed by atoms with Gasteiger partial charge in [-0.1, -0.05) is 6.07 Å². The Morgan fingerprint density at radius 1 is 1.39 bits per heavy atom. The van der Waals surface area contributed by atoms with Crippen LogP contribution in [0.5, 0.6) is 0 Å². The number of primary amides is 1. The summed E-state index contributed by atoms with van der Waals surface area (Å²) in [6.07, 6.45) is 0. The topological polar surface area (TPSA) is 81.4 Å². The van der Waals surface area contributed by atoms with Crippen LogP contribution < -0.4 is 11.1 Å². The molecule has 0 bridgehead atoms. The zero-order chi connectivity index (χ0) is 13.5. The van der Waals surface area contributed by atoms with Gasteiger partial charge in [0.25, 0.3) is 0 Å². The van der Waals surface area contributed by atoms with E-state index in [2.05, 4.69) is 5.32 Å². The average molecular weight is 250 g/mol. The Bertz CT molecular complexity index is 444. The molecule has 0 spiro atoms. The molecule has 0 heterocycles. The molecule has 18 heavy (non-hydrogen) atoms. The van der Waals surface area contributed by atoms with Crippen molar-refractivity contribution in [2.24, 2.45) is 5.73 Å². The van der Waals surface area contributed by atoms with Crippen LogP contribution in [0.3, 0.4) is 0 Å². The number of carbonyl (C=O) groups is 2. The highest BCUT2D eigenvalue weighted by Crippen LogP contribution is 2.10. The molecule has 1 amide bonds. The number of carbonyl (C=O) groups excluding carboxylic acids is 2. The summed E-state index contributed by atoms with van der Waals surface area (Å²) in [6.45, 7) is 4.76. The van der Waals surface area contributed by atoms with Crippen LogP contribution in [-0.4, -0.2) is 25.0 Å². The second kappa shape index (κ2) is 6.76. The summed E-state index contributed by atoms with van der Waals surface area (Å²) in [7, 11) is 0. The summed E-state index contributed by atoms with van der Waals surface area (Å²) >= 11 is 0. The van der Waals surface area contributed by atoms with E-state index in [1.165, 1.54) is 0 Å². The number of hydrogen-bond acceptors (Lipinski definition) is 4. The Kier molecular flexibility index (Phi) is 5.32. The third kappa shape index (κ3) is 4.18. The molecular formula is C13H18N2O3. The van der Waals surface area contributed by atoms with E-state index in [-0.39, 0.29) is 12.5 Å². The van der Waals surface area contributed by atoms with Crippen molar-refractivity contribution in [2.75, 3.05) is 13.2 Å². The highest BCUT2D eigenvalue weighted by molar-refractivity contribution is 5.93. The van der Waals surface area contributed by atoms with Crippen LogP contribution >= 0.6 is 0 Å². The number of amides is 1. The molecular weight excluding hydrogens is 232 g/mol. The quantitative estimate of drug-likeness (QED) is 0.730. The summed E-state index contributed by atoms with van der Waals surface area (Å²) in [4.78, 5) is 22.1. The zero-order valence-electron chi connectivity index (χ0n) is 10.7. The molecule has 98 valence electrons. The zero-order valence-corrected chi connectivity index (χ0v) is 10.7. The van der Waals surface area contributed by atoms with Gasteiger partial charge in [0.1, 0.15) is 0 Å². The number of rotatable bonds is 6. The van der Waals surface area contributed by atoms with E-state index >= 15 is 0 Å². The van der Waals surface area contributed by atoms with Gasteiger partial charge in [-0.15, -0.1) is 0 Å². The lowest BCUT2D eigenvalue weighted by molar-refractivity contribution is -0.142. The molecule has 0 unspecified atom stereocenters. The van der Waals surface area contributed by atoms with Gasteiger partial charge in [0.2, 0.25) is 5.91 Å². The van der Waals surface area contributed by atoms with E-state index < -0.39 is 5.91 Å². The minimum absolute atomic E-state index is 0.171. The number of ether oxygens (including phenoxy) is 1. The van der Waals surface area contributed by atoms with Gasteiger partial charge in [0.05, 0.1) is 13.2 Å². The average Bonchev–Trinajstić information content (AvgIpc) is 2.31. The van der Waals surface area contributed by atoms with Gasteiger partial charge in [0.15, 0.2) is 0 Å². The Morgan fingerprint density at radius 3 is 2.67 bits per heavy atom. The standard InChI is InChI=1S/C13H18N2O3/c1-3-18-12(16)8-15-7-11-5-4-10(13(14)17)6-9(11)2/h4-6,15H,3,7-8H2,1-2H3,(H2,14,17). The fourth-order valence-electron chi connectivity index (χ4n) is 1.56. The molecule has 0 aliphatic carbocycles. The Balaban J connectivity index is 2.53. The molecule has 1 rings (SSSR count). The lowest BCUT2D eigenvalue weighted by Gasteiger charge is -2.08.